The highest BCUT2D eigenvalue weighted by molar-refractivity contribution is 5.15. The minimum absolute atomic E-state index is 0.0272. The summed E-state index contributed by atoms with van der Waals surface area (Å²) >= 11 is 0. The number of rotatable bonds is 6. The van der Waals surface area contributed by atoms with Crippen molar-refractivity contribution in [2.45, 2.75) is 39.2 Å². The number of aromatic amines is 1. The van der Waals surface area contributed by atoms with E-state index in [9.17, 15) is 5.11 Å². The van der Waals surface area contributed by atoms with Gasteiger partial charge in [0, 0.05) is 30.8 Å². The van der Waals surface area contributed by atoms with Gasteiger partial charge in [-0.25, -0.2) is 0 Å². The molecule has 1 aromatic heterocycles. The van der Waals surface area contributed by atoms with Crippen LogP contribution < -0.4 is 0 Å². The van der Waals surface area contributed by atoms with E-state index in [1.807, 2.05) is 6.92 Å². The van der Waals surface area contributed by atoms with Crippen molar-refractivity contribution in [1.82, 2.24) is 15.1 Å². The van der Waals surface area contributed by atoms with E-state index in [-0.39, 0.29) is 12.0 Å². The van der Waals surface area contributed by atoms with Crippen LogP contribution in [-0.2, 0) is 13.0 Å². The maximum absolute atomic E-state index is 10.1. The molecule has 124 valence electrons. The predicted octanol–water partition coefficient (Wildman–Crippen LogP) is 2.93. The summed E-state index contributed by atoms with van der Waals surface area (Å²) in [4.78, 5) is 2.44. The van der Waals surface area contributed by atoms with Gasteiger partial charge in [0.2, 0.25) is 0 Å². The molecule has 0 radical (unpaired) electrons. The number of likely N-dealkylation sites (tertiary alicyclic amines) is 1. The van der Waals surface area contributed by atoms with E-state index in [0.29, 0.717) is 0 Å². The van der Waals surface area contributed by atoms with Crippen LogP contribution in [0.25, 0.3) is 0 Å². The van der Waals surface area contributed by atoms with Crippen molar-refractivity contribution in [2.75, 3.05) is 19.7 Å². The van der Waals surface area contributed by atoms with Gasteiger partial charge < -0.3 is 5.11 Å². The molecule has 1 aliphatic rings. The van der Waals surface area contributed by atoms with E-state index >= 15 is 0 Å². The van der Waals surface area contributed by atoms with Crippen molar-refractivity contribution in [2.24, 2.45) is 5.41 Å². The van der Waals surface area contributed by atoms with Crippen LogP contribution in [0.15, 0.2) is 36.4 Å². The lowest BCUT2D eigenvalue weighted by molar-refractivity contribution is 0.0219. The van der Waals surface area contributed by atoms with Gasteiger partial charge in [-0.05, 0) is 50.8 Å². The summed E-state index contributed by atoms with van der Waals surface area (Å²) in [7, 11) is 0. The van der Waals surface area contributed by atoms with Gasteiger partial charge in [-0.1, -0.05) is 30.3 Å². The number of hydrogen-bond donors (Lipinski definition) is 2. The summed E-state index contributed by atoms with van der Waals surface area (Å²) in [5, 5.41) is 17.4. The molecule has 1 aliphatic heterocycles. The topological polar surface area (TPSA) is 52.1 Å². The second-order valence-corrected chi connectivity index (χ2v) is 7.00. The molecule has 2 heterocycles. The van der Waals surface area contributed by atoms with Gasteiger partial charge in [-0.3, -0.25) is 10.00 Å². The zero-order valence-electron chi connectivity index (χ0n) is 14.0. The largest absolute Gasteiger partial charge is 0.396 e. The molecule has 2 N–H and O–H groups in total. The number of aliphatic hydroxyl groups excluding tert-OH is 1. The van der Waals surface area contributed by atoms with Gasteiger partial charge in [-0.15, -0.1) is 0 Å². The van der Waals surface area contributed by atoms with E-state index < -0.39 is 0 Å². The highest BCUT2D eigenvalue weighted by Crippen LogP contribution is 2.34. The monoisotopic (exact) mass is 313 g/mol. The SMILES string of the molecule is Cc1cc(CN2CCC[C@@](CO)(CCc3ccccc3)C2)n[nH]1. The van der Waals surface area contributed by atoms with Crippen molar-refractivity contribution < 1.29 is 5.11 Å². The molecule has 0 bridgehead atoms. The Labute approximate surface area is 138 Å². The molecule has 0 amide bonds. The minimum atomic E-state index is 0.0272. The third-order valence-electron chi connectivity index (χ3n) is 5.01. The average molecular weight is 313 g/mol. The first-order chi connectivity index (χ1) is 11.2. The molecule has 2 aromatic rings. The van der Waals surface area contributed by atoms with Crippen LogP contribution in [-0.4, -0.2) is 39.9 Å². The second kappa shape index (κ2) is 7.28. The van der Waals surface area contributed by atoms with Gasteiger partial charge in [0.1, 0.15) is 0 Å². The summed E-state index contributed by atoms with van der Waals surface area (Å²) in [6, 6.07) is 12.7. The van der Waals surface area contributed by atoms with Crippen LogP contribution in [0.2, 0.25) is 0 Å². The Kier molecular flexibility index (Phi) is 5.13. The molecular weight excluding hydrogens is 286 g/mol. The van der Waals surface area contributed by atoms with Gasteiger partial charge >= 0.3 is 0 Å². The van der Waals surface area contributed by atoms with Gasteiger partial charge in [0.25, 0.3) is 0 Å². The number of aliphatic hydroxyl groups is 1. The fourth-order valence-corrected chi connectivity index (χ4v) is 3.70. The molecule has 3 rings (SSSR count). The van der Waals surface area contributed by atoms with Crippen molar-refractivity contribution in [3.8, 4) is 0 Å². The molecule has 4 heteroatoms. The van der Waals surface area contributed by atoms with Gasteiger partial charge in [0.05, 0.1) is 5.69 Å². The minimum Gasteiger partial charge on any atom is -0.396 e. The fourth-order valence-electron chi connectivity index (χ4n) is 3.70. The van der Waals surface area contributed by atoms with Crippen LogP contribution in [0.4, 0.5) is 0 Å². The number of hydrogen-bond acceptors (Lipinski definition) is 3. The van der Waals surface area contributed by atoms with Gasteiger partial charge in [0.15, 0.2) is 0 Å². The zero-order chi connectivity index (χ0) is 16.1. The number of piperidine rings is 1. The summed E-state index contributed by atoms with van der Waals surface area (Å²) < 4.78 is 0. The summed E-state index contributed by atoms with van der Waals surface area (Å²) in [5.41, 5.74) is 3.59. The molecule has 0 aliphatic carbocycles. The Balaban J connectivity index is 1.61. The van der Waals surface area contributed by atoms with E-state index in [4.69, 9.17) is 0 Å². The van der Waals surface area contributed by atoms with Crippen LogP contribution in [0.1, 0.15) is 36.2 Å². The standard InChI is InChI=1S/C19H27N3O/c1-16-12-18(21-20-16)13-22-11-5-9-19(14-22,15-23)10-8-17-6-3-2-4-7-17/h2-4,6-7,12,23H,5,8-11,13-15H2,1H3,(H,20,21)/t19-/m1/s1. The van der Waals surface area contributed by atoms with Crippen molar-refractivity contribution in [3.63, 3.8) is 0 Å². The zero-order valence-corrected chi connectivity index (χ0v) is 14.0. The number of benzene rings is 1. The van der Waals surface area contributed by atoms with Crippen LogP contribution >= 0.6 is 0 Å². The van der Waals surface area contributed by atoms with Crippen LogP contribution in [0, 0.1) is 12.3 Å². The number of H-pyrrole nitrogens is 1. The van der Waals surface area contributed by atoms with E-state index in [0.717, 1.165) is 56.7 Å². The highest BCUT2D eigenvalue weighted by atomic mass is 16.3. The molecule has 1 atom stereocenters. The number of aryl methyl sites for hydroxylation is 2. The van der Waals surface area contributed by atoms with E-state index in [2.05, 4.69) is 51.5 Å². The van der Waals surface area contributed by atoms with E-state index in [1.54, 1.807) is 0 Å². The smallest absolute Gasteiger partial charge is 0.0765 e. The Bertz CT molecular complexity index is 610. The Hall–Kier alpha value is -1.65. The molecule has 0 saturated carbocycles. The van der Waals surface area contributed by atoms with Crippen LogP contribution in [0.5, 0.6) is 0 Å². The normalized spacial score (nSPS) is 22.3. The number of aromatic nitrogens is 2. The number of nitrogens with one attached hydrogen (secondary N) is 1. The third kappa shape index (κ3) is 4.21. The summed E-state index contributed by atoms with van der Waals surface area (Å²) in [6.45, 7) is 5.24. The van der Waals surface area contributed by atoms with Crippen molar-refractivity contribution in [3.05, 3.63) is 53.3 Å². The average Bonchev–Trinajstić information content (AvgIpc) is 2.99. The molecule has 1 saturated heterocycles. The lowest BCUT2D eigenvalue weighted by Crippen LogP contribution is -2.45. The molecule has 0 spiro atoms. The quantitative estimate of drug-likeness (QED) is 0.862. The fraction of sp³-hybridized carbons (Fsp3) is 0.526. The predicted molar refractivity (Wildman–Crippen MR) is 92.1 cm³/mol. The molecule has 1 aromatic carbocycles. The summed E-state index contributed by atoms with van der Waals surface area (Å²) in [6.07, 6.45) is 4.35. The van der Waals surface area contributed by atoms with Gasteiger partial charge in [-0.2, -0.15) is 5.10 Å². The molecule has 4 nitrogen and oxygen atoms in total. The first-order valence-electron chi connectivity index (χ1n) is 8.57. The number of nitrogens with zero attached hydrogens (tertiary/aromatic N) is 2. The summed E-state index contributed by atoms with van der Waals surface area (Å²) in [5.74, 6) is 0. The van der Waals surface area contributed by atoms with E-state index in [1.165, 1.54) is 5.56 Å². The first kappa shape index (κ1) is 16.2. The molecule has 1 fully saturated rings. The maximum Gasteiger partial charge on any atom is 0.0765 e. The Morgan fingerprint density at radius 2 is 2.13 bits per heavy atom. The molecule has 23 heavy (non-hydrogen) atoms. The molecular formula is C19H27N3O. The third-order valence-corrected chi connectivity index (χ3v) is 5.01. The van der Waals surface area contributed by atoms with Crippen molar-refractivity contribution in [1.29, 1.82) is 0 Å². The maximum atomic E-state index is 10.1. The Morgan fingerprint density at radius 3 is 2.83 bits per heavy atom. The molecule has 0 unspecified atom stereocenters. The lowest BCUT2D eigenvalue weighted by Gasteiger charge is -2.42. The lowest BCUT2D eigenvalue weighted by atomic mass is 9.76. The Morgan fingerprint density at radius 1 is 1.30 bits per heavy atom. The first-order valence-corrected chi connectivity index (χ1v) is 8.57. The second-order valence-electron chi connectivity index (χ2n) is 7.00. The van der Waals surface area contributed by atoms with Crippen LogP contribution in [0.3, 0.4) is 0 Å². The highest BCUT2D eigenvalue weighted by Gasteiger charge is 2.34. The van der Waals surface area contributed by atoms with Crippen molar-refractivity contribution >= 4 is 0 Å².